The maximum Gasteiger partial charge on any atom is 0.0587 e. The summed E-state index contributed by atoms with van der Waals surface area (Å²) in [6.07, 6.45) is 5.22. The van der Waals surface area contributed by atoms with Crippen molar-refractivity contribution in [3.63, 3.8) is 0 Å². The predicted octanol–water partition coefficient (Wildman–Crippen LogP) is 5.40. The number of rotatable bonds is 0. The highest BCUT2D eigenvalue weighted by atomic mass is 14.2. The molecule has 0 bridgehead atoms. The van der Waals surface area contributed by atoms with Gasteiger partial charge < -0.3 is 0 Å². The van der Waals surface area contributed by atoms with Crippen LogP contribution in [0, 0.1) is 11.3 Å². The summed E-state index contributed by atoms with van der Waals surface area (Å²) in [6, 6.07) is 19.7. The molecule has 3 aromatic carbocycles. The number of hydrogen-bond donors (Lipinski definition) is 0. The molecule has 1 aliphatic rings. The Kier molecular flexibility index (Phi) is 3.88. The number of fused-ring (bicyclic) bond motifs is 5. The highest BCUT2D eigenvalue weighted by Gasteiger charge is 2.12. The Labute approximate surface area is 125 Å². The minimum absolute atomic E-state index is 1.25. The van der Waals surface area contributed by atoms with Crippen molar-refractivity contribution in [3.8, 4) is 6.07 Å². The first-order valence-electron chi connectivity index (χ1n) is 7.58. The molecule has 21 heavy (non-hydrogen) atoms. The molecule has 0 atom stereocenters. The highest BCUT2D eigenvalue weighted by Crippen LogP contribution is 2.32. The van der Waals surface area contributed by atoms with Crippen molar-refractivity contribution in [2.24, 2.45) is 0 Å². The van der Waals surface area contributed by atoms with Gasteiger partial charge in [0.15, 0.2) is 0 Å². The number of nitriles is 1. The second-order valence-electron chi connectivity index (χ2n) is 5.52. The van der Waals surface area contributed by atoms with Crippen molar-refractivity contribution >= 4 is 21.5 Å². The Morgan fingerprint density at radius 3 is 2.38 bits per heavy atom. The van der Waals surface area contributed by atoms with Gasteiger partial charge in [-0.2, -0.15) is 5.26 Å². The molecule has 1 heteroatoms. The molecule has 0 N–H and O–H groups in total. The lowest BCUT2D eigenvalue weighted by Gasteiger charge is -2.18. The monoisotopic (exact) mass is 273 g/mol. The normalized spacial score (nSPS) is 13.1. The smallest absolute Gasteiger partial charge is 0.0587 e. The quantitative estimate of drug-likeness (QED) is 0.503. The summed E-state index contributed by atoms with van der Waals surface area (Å²) >= 11 is 0. The summed E-state index contributed by atoms with van der Waals surface area (Å²) in [5, 5.41) is 13.0. The molecule has 0 amide bonds. The molecule has 0 fully saturated rings. The van der Waals surface area contributed by atoms with E-state index in [2.05, 4.69) is 48.5 Å². The van der Waals surface area contributed by atoms with Crippen LogP contribution in [0.3, 0.4) is 0 Å². The topological polar surface area (TPSA) is 23.8 Å². The van der Waals surface area contributed by atoms with Gasteiger partial charge in [0.2, 0.25) is 0 Å². The highest BCUT2D eigenvalue weighted by molar-refractivity contribution is 6.08. The molecule has 0 heterocycles. The van der Waals surface area contributed by atoms with Crippen LogP contribution in [-0.4, -0.2) is 0 Å². The van der Waals surface area contributed by atoms with E-state index < -0.39 is 0 Å². The summed E-state index contributed by atoms with van der Waals surface area (Å²) in [5.74, 6) is 0. The third-order valence-corrected chi connectivity index (χ3v) is 4.26. The van der Waals surface area contributed by atoms with Crippen LogP contribution in [0.5, 0.6) is 0 Å². The van der Waals surface area contributed by atoms with Crippen molar-refractivity contribution in [3.05, 3.63) is 59.7 Å². The van der Waals surface area contributed by atoms with Crippen molar-refractivity contribution in [2.75, 3.05) is 0 Å². The zero-order valence-electron chi connectivity index (χ0n) is 12.4. The molecule has 3 aromatic rings. The van der Waals surface area contributed by atoms with E-state index in [1.807, 2.05) is 0 Å². The molecule has 0 radical (unpaired) electrons. The van der Waals surface area contributed by atoms with Crippen LogP contribution in [0.25, 0.3) is 21.5 Å². The average molecular weight is 273 g/mol. The third-order valence-electron chi connectivity index (χ3n) is 4.26. The maximum absolute atomic E-state index is 7.32. The predicted molar refractivity (Wildman–Crippen MR) is 89.4 cm³/mol. The molecular formula is C20H19N. The summed E-state index contributed by atoms with van der Waals surface area (Å²) in [7, 11) is 0. The lowest BCUT2D eigenvalue weighted by atomic mass is 9.86. The van der Waals surface area contributed by atoms with Crippen molar-refractivity contribution in [1.29, 1.82) is 5.26 Å². The minimum atomic E-state index is 1.25. The lowest BCUT2D eigenvalue weighted by Crippen LogP contribution is -2.02. The number of nitrogens with zero attached hydrogens (tertiary/aromatic N) is 1. The second kappa shape index (κ2) is 5.97. The first-order valence-corrected chi connectivity index (χ1v) is 7.58. The van der Waals surface area contributed by atoms with Gasteiger partial charge in [0.1, 0.15) is 0 Å². The Bertz CT molecular complexity index is 824. The first-order chi connectivity index (χ1) is 10.3. The van der Waals surface area contributed by atoms with Crippen LogP contribution in [0.1, 0.15) is 30.9 Å². The molecule has 0 saturated carbocycles. The summed E-state index contributed by atoms with van der Waals surface area (Å²) in [5.41, 5.74) is 3.17. The van der Waals surface area contributed by atoms with E-state index in [4.69, 9.17) is 5.26 Å². The van der Waals surface area contributed by atoms with E-state index >= 15 is 0 Å². The fraction of sp³-hybridized carbons (Fsp3) is 0.250. The largest absolute Gasteiger partial charge is 0.199 e. The van der Waals surface area contributed by atoms with Crippen molar-refractivity contribution in [1.82, 2.24) is 0 Å². The molecular weight excluding hydrogens is 254 g/mol. The van der Waals surface area contributed by atoms with E-state index in [1.165, 1.54) is 54.2 Å². The zero-order chi connectivity index (χ0) is 14.7. The maximum atomic E-state index is 7.32. The fourth-order valence-corrected chi connectivity index (χ4v) is 3.34. The molecule has 1 aliphatic carbocycles. The minimum Gasteiger partial charge on any atom is -0.199 e. The van der Waals surface area contributed by atoms with Crippen LogP contribution in [0.15, 0.2) is 48.5 Å². The summed E-state index contributed by atoms with van der Waals surface area (Å²) in [6.45, 7) is 1.43. The first kappa shape index (κ1) is 13.6. The Morgan fingerprint density at radius 1 is 0.810 bits per heavy atom. The van der Waals surface area contributed by atoms with E-state index in [9.17, 15) is 0 Å². The van der Waals surface area contributed by atoms with Crippen LogP contribution in [0.2, 0.25) is 0 Å². The summed E-state index contributed by atoms with van der Waals surface area (Å²) in [4.78, 5) is 0. The zero-order valence-corrected chi connectivity index (χ0v) is 12.4. The Balaban J connectivity index is 0.000000409. The number of benzene rings is 3. The SMILES string of the molecule is CC#N.c1ccc2c(c1)ccc1c3c(ccc12)CCCC3. The number of hydrogen-bond acceptors (Lipinski definition) is 1. The van der Waals surface area contributed by atoms with Crippen molar-refractivity contribution < 1.29 is 0 Å². The van der Waals surface area contributed by atoms with E-state index in [0.29, 0.717) is 0 Å². The molecule has 104 valence electrons. The summed E-state index contributed by atoms with van der Waals surface area (Å²) < 4.78 is 0. The Morgan fingerprint density at radius 2 is 1.52 bits per heavy atom. The standard InChI is InChI=1S/C18H16.C2H3N/c1-3-7-15-13(5-1)9-11-18-16-8-4-2-6-14(16)10-12-17(15)18;1-2-3/h1,3,5,7,9-12H,2,4,6,8H2;1H3. The van der Waals surface area contributed by atoms with E-state index in [1.54, 1.807) is 17.2 Å². The molecule has 0 saturated heterocycles. The van der Waals surface area contributed by atoms with Gasteiger partial charge in [-0.15, -0.1) is 0 Å². The molecule has 1 nitrogen and oxygen atoms in total. The van der Waals surface area contributed by atoms with Gasteiger partial charge in [-0.25, -0.2) is 0 Å². The Hall–Kier alpha value is -2.33. The third kappa shape index (κ3) is 2.50. The van der Waals surface area contributed by atoms with Crippen LogP contribution in [-0.2, 0) is 12.8 Å². The molecule has 0 spiro atoms. The second-order valence-corrected chi connectivity index (χ2v) is 5.52. The van der Waals surface area contributed by atoms with Crippen LogP contribution in [0.4, 0.5) is 0 Å². The average Bonchev–Trinajstić information content (AvgIpc) is 2.55. The van der Waals surface area contributed by atoms with Gasteiger partial charge in [0.05, 0.1) is 6.07 Å². The van der Waals surface area contributed by atoms with Crippen molar-refractivity contribution in [2.45, 2.75) is 32.6 Å². The molecule has 0 aliphatic heterocycles. The van der Waals surface area contributed by atoms with Gasteiger partial charge >= 0.3 is 0 Å². The molecule has 0 unspecified atom stereocenters. The molecule has 0 aromatic heterocycles. The van der Waals surface area contributed by atoms with E-state index in [0.717, 1.165) is 0 Å². The van der Waals surface area contributed by atoms with Crippen LogP contribution >= 0.6 is 0 Å². The van der Waals surface area contributed by atoms with E-state index in [-0.39, 0.29) is 0 Å². The molecule has 4 rings (SSSR count). The van der Waals surface area contributed by atoms with Gasteiger partial charge in [-0.3, -0.25) is 0 Å². The van der Waals surface area contributed by atoms with Gasteiger partial charge in [-0.05, 0) is 58.4 Å². The fourth-order valence-electron chi connectivity index (χ4n) is 3.34. The van der Waals surface area contributed by atoms with Gasteiger partial charge in [0, 0.05) is 6.92 Å². The lowest BCUT2D eigenvalue weighted by molar-refractivity contribution is 0.690. The number of aryl methyl sites for hydroxylation is 2. The van der Waals surface area contributed by atoms with Crippen LogP contribution < -0.4 is 0 Å². The van der Waals surface area contributed by atoms with Gasteiger partial charge in [0.25, 0.3) is 0 Å². The van der Waals surface area contributed by atoms with Gasteiger partial charge in [-0.1, -0.05) is 48.5 Å².